The highest BCUT2D eigenvalue weighted by atomic mass is 19.1. The number of amides is 1. The first-order valence-corrected chi connectivity index (χ1v) is 4.84. The van der Waals surface area contributed by atoms with Crippen molar-refractivity contribution >= 4 is 12.1 Å². The zero-order valence-electron chi connectivity index (χ0n) is 8.27. The minimum atomic E-state index is -0.328. The van der Waals surface area contributed by atoms with Crippen molar-refractivity contribution in [2.24, 2.45) is 0 Å². The summed E-state index contributed by atoms with van der Waals surface area (Å²) in [6, 6.07) is 1.46. The fourth-order valence-electron chi connectivity index (χ4n) is 1.66. The highest BCUT2D eigenvalue weighted by molar-refractivity contribution is 5.50. The summed E-state index contributed by atoms with van der Waals surface area (Å²) >= 11 is 0. The molecule has 2 heterocycles. The molecule has 1 aliphatic heterocycles. The van der Waals surface area contributed by atoms with Crippen LogP contribution in [0.5, 0.6) is 0 Å². The van der Waals surface area contributed by atoms with Crippen LogP contribution in [0.2, 0.25) is 0 Å². The van der Waals surface area contributed by atoms with Gasteiger partial charge in [0.1, 0.15) is 5.82 Å². The number of piperazine rings is 1. The summed E-state index contributed by atoms with van der Waals surface area (Å²) in [4.78, 5) is 18.0. The molecule has 5 heteroatoms. The quantitative estimate of drug-likeness (QED) is 0.665. The summed E-state index contributed by atoms with van der Waals surface area (Å²) in [5.74, 6) is -0.328. The van der Waals surface area contributed by atoms with Gasteiger partial charge in [0, 0.05) is 32.2 Å². The molecule has 1 fully saturated rings. The summed E-state index contributed by atoms with van der Waals surface area (Å²) in [5.41, 5.74) is 0.778. The molecule has 0 atom stereocenters. The van der Waals surface area contributed by atoms with E-state index in [4.69, 9.17) is 0 Å². The Bertz CT molecular complexity index is 350. The molecule has 0 N–H and O–H groups in total. The Morgan fingerprint density at radius 2 is 2.00 bits per heavy atom. The number of aromatic nitrogens is 1. The molecule has 0 bridgehead atoms. The molecule has 1 amide bonds. The fourth-order valence-corrected chi connectivity index (χ4v) is 1.66. The molecule has 15 heavy (non-hydrogen) atoms. The maximum Gasteiger partial charge on any atom is 0.209 e. The summed E-state index contributed by atoms with van der Waals surface area (Å²) in [5, 5.41) is 0. The number of hydrogen-bond acceptors (Lipinski definition) is 3. The maximum atomic E-state index is 12.9. The van der Waals surface area contributed by atoms with E-state index in [0.717, 1.165) is 25.2 Å². The van der Waals surface area contributed by atoms with E-state index in [1.807, 2.05) is 4.90 Å². The van der Waals surface area contributed by atoms with Crippen molar-refractivity contribution in [2.45, 2.75) is 0 Å². The second kappa shape index (κ2) is 4.25. The van der Waals surface area contributed by atoms with Crippen molar-refractivity contribution in [1.82, 2.24) is 9.88 Å². The van der Waals surface area contributed by atoms with Crippen LogP contribution < -0.4 is 4.90 Å². The minimum absolute atomic E-state index is 0.328. The van der Waals surface area contributed by atoms with E-state index in [9.17, 15) is 9.18 Å². The molecular weight excluding hydrogens is 197 g/mol. The number of anilines is 1. The van der Waals surface area contributed by atoms with Gasteiger partial charge >= 0.3 is 0 Å². The van der Waals surface area contributed by atoms with Crippen molar-refractivity contribution in [3.05, 3.63) is 24.3 Å². The predicted molar refractivity (Wildman–Crippen MR) is 54.0 cm³/mol. The van der Waals surface area contributed by atoms with Crippen molar-refractivity contribution in [2.75, 3.05) is 31.1 Å². The average molecular weight is 209 g/mol. The predicted octanol–water partition coefficient (Wildman–Crippen LogP) is 0.499. The summed E-state index contributed by atoms with van der Waals surface area (Å²) in [6.45, 7) is 2.81. The van der Waals surface area contributed by atoms with Crippen molar-refractivity contribution < 1.29 is 9.18 Å². The van der Waals surface area contributed by atoms with Crippen LogP contribution in [0.25, 0.3) is 0 Å². The Labute approximate surface area is 87.3 Å². The first-order valence-electron chi connectivity index (χ1n) is 4.84. The third kappa shape index (κ3) is 2.23. The largest absolute Gasteiger partial charge is 0.367 e. The van der Waals surface area contributed by atoms with E-state index in [1.165, 1.54) is 12.3 Å². The highest BCUT2D eigenvalue weighted by Crippen LogP contribution is 2.15. The summed E-state index contributed by atoms with van der Waals surface area (Å²) in [6.07, 6.45) is 3.67. The molecule has 0 radical (unpaired) electrons. The topological polar surface area (TPSA) is 36.4 Å². The van der Waals surface area contributed by atoms with Crippen LogP contribution >= 0.6 is 0 Å². The van der Waals surface area contributed by atoms with Crippen LogP contribution in [-0.2, 0) is 4.79 Å². The third-order valence-corrected chi connectivity index (χ3v) is 2.52. The van der Waals surface area contributed by atoms with Gasteiger partial charge in [0.2, 0.25) is 6.41 Å². The first kappa shape index (κ1) is 9.89. The van der Waals surface area contributed by atoms with Crippen molar-refractivity contribution in [3.63, 3.8) is 0 Å². The third-order valence-electron chi connectivity index (χ3n) is 2.52. The van der Waals surface area contributed by atoms with Crippen LogP contribution in [0, 0.1) is 5.82 Å². The van der Waals surface area contributed by atoms with E-state index in [1.54, 1.807) is 11.1 Å². The van der Waals surface area contributed by atoms with Gasteiger partial charge < -0.3 is 9.80 Å². The van der Waals surface area contributed by atoms with Gasteiger partial charge in [-0.15, -0.1) is 0 Å². The monoisotopic (exact) mass is 209 g/mol. The van der Waals surface area contributed by atoms with Crippen molar-refractivity contribution in [1.29, 1.82) is 0 Å². The zero-order valence-corrected chi connectivity index (χ0v) is 8.27. The number of pyridine rings is 1. The van der Waals surface area contributed by atoms with Crippen LogP contribution in [0.1, 0.15) is 0 Å². The molecule has 80 valence electrons. The number of nitrogens with zero attached hydrogens (tertiary/aromatic N) is 3. The summed E-state index contributed by atoms with van der Waals surface area (Å²) < 4.78 is 12.9. The second-order valence-electron chi connectivity index (χ2n) is 3.49. The average Bonchev–Trinajstić information content (AvgIpc) is 2.29. The van der Waals surface area contributed by atoms with Crippen LogP contribution in [0.3, 0.4) is 0 Å². The minimum Gasteiger partial charge on any atom is -0.367 e. The van der Waals surface area contributed by atoms with Gasteiger partial charge in [0.05, 0.1) is 18.1 Å². The van der Waals surface area contributed by atoms with Crippen LogP contribution in [-0.4, -0.2) is 42.5 Å². The Morgan fingerprint density at radius 1 is 1.27 bits per heavy atom. The highest BCUT2D eigenvalue weighted by Gasteiger charge is 2.15. The standard InChI is InChI=1S/C10H12FN3O/c11-9-5-10(7-12-6-9)14-3-1-13(8-15)2-4-14/h5-8H,1-4H2. The normalized spacial score (nSPS) is 16.6. The van der Waals surface area contributed by atoms with Gasteiger partial charge in [-0.05, 0) is 0 Å². The molecule has 1 saturated heterocycles. The Morgan fingerprint density at radius 3 is 2.60 bits per heavy atom. The first-order chi connectivity index (χ1) is 7.29. The van der Waals surface area contributed by atoms with Gasteiger partial charge in [-0.2, -0.15) is 0 Å². The fraction of sp³-hybridized carbons (Fsp3) is 0.400. The maximum absolute atomic E-state index is 12.9. The van der Waals surface area contributed by atoms with Crippen LogP contribution in [0.15, 0.2) is 18.5 Å². The second-order valence-corrected chi connectivity index (χ2v) is 3.49. The Balaban J connectivity index is 2.04. The number of carbonyl (C=O) groups is 1. The lowest BCUT2D eigenvalue weighted by Gasteiger charge is -2.33. The van der Waals surface area contributed by atoms with Crippen molar-refractivity contribution in [3.8, 4) is 0 Å². The number of rotatable bonds is 2. The molecule has 0 aliphatic carbocycles. The lowest BCUT2D eigenvalue weighted by Crippen LogP contribution is -2.45. The van der Waals surface area contributed by atoms with E-state index < -0.39 is 0 Å². The zero-order chi connectivity index (χ0) is 10.7. The van der Waals surface area contributed by atoms with E-state index in [-0.39, 0.29) is 5.82 Å². The molecular formula is C10H12FN3O. The molecule has 0 unspecified atom stereocenters. The summed E-state index contributed by atoms with van der Waals surface area (Å²) in [7, 11) is 0. The molecule has 2 rings (SSSR count). The van der Waals surface area contributed by atoms with Gasteiger partial charge in [-0.25, -0.2) is 4.39 Å². The molecule has 0 saturated carbocycles. The SMILES string of the molecule is O=CN1CCN(c2cncc(F)c2)CC1. The number of hydrogen-bond donors (Lipinski definition) is 0. The van der Waals surface area contributed by atoms with Crippen LogP contribution in [0.4, 0.5) is 10.1 Å². The van der Waals surface area contributed by atoms with E-state index in [0.29, 0.717) is 13.1 Å². The van der Waals surface area contributed by atoms with Gasteiger partial charge in [0.15, 0.2) is 0 Å². The van der Waals surface area contributed by atoms with Gasteiger partial charge in [-0.1, -0.05) is 0 Å². The Hall–Kier alpha value is -1.65. The molecule has 0 spiro atoms. The smallest absolute Gasteiger partial charge is 0.209 e. The number of carbonyl (C=O) groups excluding carboxylic acids is 1. The molecule has 0 aromatic carbocycles. The molecule has 1 aromatic heterocycles. The van der Waals surface area contributed by atoms with Gasteiger partial charge in [-0.3, -0.25) is 9.78 Å². The molecule has 1 aliphatic rings. The molecule has 1 aromatic rings. The van der Waals surface area contributed by atoms with E-state index >= 15 is 0 Å². The molecule has 4 nitrogen and oxygen atoms in total. The number of halogens is 1. The lowest BCUT2D eigenvalue weighted by atomic mass is 10.3. The Kier molecular flexibility index (Phi) is 2.80. The van der Waals surface area contributed by atoms with Gasteiger partial charge in [0.25, 0.3) is 0 Å². The lowest BCUT2D eigenvalue weighted by molar-refractivity contribution is -0.118. The van der Waals surface area contributed by atoms with E-state index in [2.05, 4.69) is 4.98 Å².